The zero-order valence-corrected chi connectivity index (χ0v) is 20.2. The van der Waals surface area contributed by atoms with Crippen LogP contribution in [-0.4, -0.2) is 58.3 Å². The van der Waals surface area contributed by atoms with Crippen molar-refractivity contribution in [3.63, 3.8) is 0 Å². The lowest BCUT2D eigenvalue weighted by Gasteiger charge is -2.30. The summed E-state index contributed by atoms with van der Waals surface area (Å²) in [6.07, 6.45) is 0.619. The van der Waals surface area contributed by atoms with Gasteiger partial charge >= 0.3 is 18.0 Å². The van der Waals surface area contributed by atoms with Crippen LogP contribution in [-0.2, 0) is 11.3 Å². The van der Waals surface area contributed by atoms with E-state index in [2.05, 4.69) is 0 Å². The maximum atomic E-state index is 14.2. The van der Waals surface area contributed by atoms with Crippen LogP contribution >= 0.6 is 11.3 Å². The molecule has 2 rings (SSSR count). The van der Waals surface area contributed by atoms with Crippen molar-refractivity contribution in [1.82, 2.24) is 9.80 Å². The van der Waals surface area contributed by atoms with Crippen LogP contribution in [0.3, 0.4) is 0 Å². The molecule has 0 aliphatic rings. The molecule has 0 unspecified atom stereocenters. The molecule has 184 valence electrons. The van der Waals surface area contributed by atoms with Crippen LogP contribution in [0.1, 0.15) is 47.3 Å². The van der Waals surface area contributed by atoms with E-state index >= 15 is 0 Å². The van der Waals surface area contributed by atoms with Gasteiger partial charge in [0.2, 0.25) is 0 Å². The number of carbonyl (C=O) groups excluding carboxylic acids is 2. The number of nitrogens with two attached hydrogens (primary N) is 1. The van der Waals surface area contributed by atoms with Gasteiger partial charge in [-0.2, -0.15) is 0 Å². The SMILES string of the molecule is CCCN(CC(=O)O)C(=O)N(Cc1ccc(C(=O)Oc2ccc(C(=N)N)cc2F)s1)CC(C)C. The first-order chi connectivity index (χ1) is 16.0. The van der Waals surface area contributed by atoms with E-state index in [1.54, 1.807) is 11.0 Å². The molecule has 0 aliphatic heterocycles. The highest BCUT2D eigenvalue weighted by atomic mass is 32.1. The molecule has 4 N–H and O–H groups in total. The fourth-order valence-electron chi connectivity index (χ4n) is 3.19. The molecule has 34 heavy (non-hydrogen) atoms. The minimum Gasteiger partial charge on any atom is -0.480 e. The number of carboxylic acids is 1. The van der Waals surface area contributed by atoms with Crippen LogP contribution in [0.15, 0.2) is 30.3 Å². The van der Waals surface area contributed by atoms with Crippen molar-refractivity contribution < 1.29 is 28.6 Å². The lowest BCUT2D eigenvalue weighted by molar-refractivity contribution is -0.137. The average Bonchev–Trinajstić information content (AvgIpc) is 3.22. The summed E-state index contributed by atoms with van der Waals surface area (Å²) >= 11 is 1.11. The van der Waals surface area contributed by atoms with Gasteiger partial charge in [0.05, 0.1) is 6.54 Å². The average molecular weight is 493 g/mol. The van der Waals surface area contributed by atoms with E-state index in [-0.39, 0.29) is 40.5 Å². The fourth-order valence-corrected chi connectivity index (χ4v) is 4.09. The van der Waals surface area contributed by atoms with Crippen LogP contribution in [0.25, 0.3) is 0 Å². The Labute approximate surface area is 201 Å². The Hall–Kier alpha value is -3.47. The maximum Gasteiger partial charge on any atom is 0.353 e. The van der Waals surface area contributed by atoms with Gasteiger partial charge in [-0.15, -0.1) is 11.3 Å². The predicted molar refractivity (Wildman–Crippen MR) is 127 cm³/mol. The van der Waals surface area contributed by atoms with Crippen LogP contribution in [0.4, 0.5) is 9.18 Å². The van der Waals surface area contributed by atoms with Gasteiger partial charge in [-0.3, -0.25) is 10.2 Å². The molecule has 0 fully saturated rings. The zero-order valence-electron chi connectivity index (χ0n) is 19.3. The number of rotatable bonds is 11. The highest BCUT2D eigenvalue weighted by Gasteiger charge is 2.24. The number of esters is 1. The summed E-state index contributed by atoms with van der Waals surface area (Å²) in [4.78, 5) is 40.5. The number of urea groups is 1. The van der Waals surface area contributed by atoms with Gasteiger partial charge in [-0.1, -0.05) is 20.8 Å². The van der Waals surface area contributed by atoms with Gasteiger partial charge in [-0.05, 0) is 42.7 Å². The van der Waals surface area contributed by atoms with E-state index in [0.29, 0.717) is 24.4 Å². The van der Waals surface area contributed by atoms with Gasteiger partial charge < -0.3 is 25.4 Å². The summed E-state index contributed by atoms with van der Waals surface area (Å²) < 4.78 is 19.3. The lowest BCUT2D eigenvalue weighted by Crippen LogP contribution is -2.46. The van der Waals surface area contributed by atoms with Crippen molar-refractivity contribution in [2.75, 3.05) is 19.6 Å². The highest BCUT2D eigenvalue weighted by molar-refractivity contribution is 7.13. The Morgan fingerprint density at radius 2 is 1.91 bits per heavy atom. The number of nitrogens with one attached hydrogen (secondary N) is 1. The molecular weight excluding hydrogens is 463 g/mol. The first kappa shape index (κ1) is 26.8. The Morgan fingerprint density at radius 1 is 1.21 bits per heavy atom. The van der Waals surface area contributed by atoms with Gasteiger partial charge in [0.25, 0.3) is 0 Å². The molecule has 1 aromatic carbocycles. The molecule has 0 bridgehead atoms. The fraction of sp³-hybridized carbons (Fsp3) is 0.391. The second-order valence-electron chi connectivity index (χ2n) is 8.09. The summed E-state index contributed by atoms with van der Waals surface area (Å²) in [6, 6.07) is 6.44. The molecule has 1 aromatic heterocycles. The monoisotopic (exact) mass is 492 g/mol. The molecule has 0 atom stereocenters. The largest absolute Gasteiger partial charge is 0.480 e. The molecule has 0 aliphatic carbocycles. The number of amides is 2. The second kappa shape index (κ2) is 12.1. The number of halogens is 1. The number of aliphatic carboxylic acids is 1. The number of ether oxygens (including phenoxy) is 1. The third-order valence-corrected chi connectivity index (χ3v) is 5.65. The molecule has 0 saturated heterocycles. The molecule has 0 spiro atoms. The molecule has 0 saturated carbocycles. The number of carboxylic acid groups (broad SMARTS) is 1. The van der Waals surface area contributed by atoms with E-state index in [0.717, 1.165) is 17.4 Å². The Morgan fingerprint density at radius 3 is 2.47 bits per heavy atom. The number of hydrogen-bond acceptors (Lipinski definition) is 6. The van der Waals surface area contributed by atoms with Crippen LogP contribution in [0.5, 0.6) is 5.75 Å². The third kappa shape index (κ3) is 7.55. The number of thiophene rings is 1. The van der Waals surface area contributed by atoms with Crippen molar-refractivity contribution in [3.8, 4) is 5.75 Å². The summed E-state index contributed by atoms with van der Waals surface area (Å²) in [7, 11) is 0. The van der Waals surface area contributed by atoms with E-state index in [1.165, 1.54) is 23.1 Å². The quantitative estimate of drug-likeness (QED) is 0.189. The van der Waals surface area contributed by atoms with E-state index in [9.17, 15) is 18.8 Å². The number of nitrogens with zero attached hydrogens (tertiary/aromatic N) is 2. The highest BCUT2D eigenvalue weighted by Crippen LogP contribution is 2.24. The lowest BCUT2D eigenvalue weighted by atomic mass is 10.2. The molecule has 9 nitrogen and oxygen atoms in total. The molecule has 2 amide bonds. The second-order valence-corrected chi connectivity index (χ2v) is 9.25. The van der Waals surface area contributed by atoms with Crippen LogP contribution in [0, 0.1) is 17.1 Å². The smallest absolute Gasteiger partial charge is 0.353 e. The van der Waals surface area contributed by atoms with E-state index < -0.39 is 24.3 Å². The Balaban J connectivity index is 2.15. The van der Waals surface area contributed by atoms with Crippen molar-refractivity contribution >= 4 is 35.1 Å². The number of amidine groups is 1. The summed E-state index contributed by atoms with van der Waals surface area (Å²) in [6.45, 7) is 6.28. The summed E-state index contributed by atoms with van der Waals surface area (Å²) in [5.74, 6) is -3.11. The predicted octanol–water partition coefficient (Wildman–Crippen LogP) is 3.77. The van der Waals surface area contributed by atoms with Gasteiger partial charge in [-0.25, -0.2) is 14.0 Å². The Bertz CT molecular complexity index is 1060. The van der Waals surface area contributed by atoms with Crippen molar-refractivity contribution in [3.05, 3.63) is 51.5 Å². The number of carbonyl (C=O) groups is 3. The Kier molecular flexibility index (Phi) is 9.55. The van der Waals surface area contributed by atoms with Crippen molar-refractivity contribution in [2.45, 2.75) is 33.7 Å². The molecule has 1 heterocycles. The van der Waals surface area contributed by atoms with E-state index in [1.807, 2.05) is 20.8 Å². The van der Waals surface area contributed by atoms with Crippen LogP contribution < -0.4 is 10.5 Å². The van der Waals surface area contributed by atoms with Crippen LogP contribution in [0.2, 0.25) is 0 Å². The standard InChI is InChI=1S/C23H29FN4O5S/c1-4-9-27(13-20(29)30)23(32)28(11-14(2)3)12-16-6-8-19(34-16)22(31)33-18-7-5-15(21(25)26)10-17(18)24/h5-8,10,14H,4,9,11-13H2,1-3H3,(H3,25,26)(H,29,30). The normalized spacial score (nSPS) is 10.7. The third-order valence-electron chi connectivity index (χ3n) is 4.60. The first-order valence-corrected chi connectivity index (χ1v) is 11.5. The molecule has 11 heteroatoms. The minimum absolute atomic E-state index is 0.141. The van der Waals surface area contributed by atoms with Crippen molar-refractivity contribution in [2.24, 2.45) is 11.7 Å². The topological polar surface area (TPSA) is 137 Å². The number of hydrogen-bond donors (Lipinski definition) is 3. The zero-order chi connectivity index (χ0) is 25.4. The minimum atomic E-state index is -1.09. The van der Waals surface area contributed by atoms with Gasteiger partial charge in [0.15, 0.2) is 11.6 Å². The van der Waals surface area contributed by atoms with Crippen molar-refractivity contribution in [1.29, 1.82) is 5.41 Å². The number of benzene rings is 1. The first-order valence-electron chi connectivity index (χ1n) is 10.7. The van der Waals surface area contributed by atoms with E-state index in [4.69, 9.17) is 21.0 Å². The molecule has 2 aromatic rings. The molecular formula is C23H29FN4O5S. The van der Waals surface area contributed by atoms with Gasteiger partial charge in [0.1, 0.15) is 17.3 Å². The summed E-state index contributed by atoms with van der Waals surface area (Å²) in [5.41, 5.74) is 5.50. The number of nitrogen functional groups attached to an aromatic ring is 1. The molecule has 0 radical (unpaired) electrons. The summed E-state index contributed by atoms with van der Waals surface area (Å²) in [5, 5.41) is 16.5. The maximum absolute atomic E-state index is 14.2. The van der Waals surface area contributed by atoms with Gasteiger partial charge in [0, 0.05) is 23.5 Å².